The first-order chi connectivity index (χ1) is 9.97. The summed E-state index contributed by atoms with van der Waals surface area (Å²) in [4.78, 5) is 4.67. The van der Waals surface area contributed by atoms with Gasteiger partial charge in [-0.05, 0) is 19.3 Å². The van der Waals surface area contributed by atoms with Crippen LogP contribution in [0.1, 0.15) is 38.4 Å². The number of methoxy groups -OCH3 is 2. The van der Waals surface area contributed by atoms with Crippen molar-refractivity contribution in [3.05, 3.63) is 18.0 Å². The molecule has 1 aromatic heterocycles. The van der Waals surface area contributed by atoms with Gasteiger partial charge in [0.05, 0.1) is 30.6 Å². The highest BCUT2D eigenvalue weighted by molar-refractivity contribution is 6.20. The van der Waals surface area contributed by atoms with Gasteiger partial charge in [0.15, 0.2) is 11.5 Å². The predicted octanol–water partition coefficient (Wildman–Crippen LogP) is 4.40. The second-order valence-corrected chi connectivity index (χ2v) is 6.27. The Bertz CT molecular complexity index is 620. The maximum atomic E-state index is 6.30. The lowest BCUT2D eigenvalue weighted by Gasteiger charge is -2.13. The van der Waals surface area contributed by atoms with Gasteiger partial charge in [0.1, 0.15) is 5.82 Å². The Hall–Kier alpha value is -1.42. The van der Waals surface area contributed by atoms with Gasteiger partial charge >= 0.3 is 0 Å². The SMILES string of the molecule is COc1cc2nc(C(C)Cl)n(CCC(C)C)c2cc1OC. The Labute approximate surface area is 131 Å². The molecule has 1 unspecified atom stereocenters. The number of aryl methyl sites for hydroxylation is 1. The van der Waals surface area contributed by atoms with Gasteiger partial charge in [-0.15, -0.1) is 11.6 Å². The number of halogens is 1. The predicted molar refractivity (Wildman–Crippen MR) is 86.6 cm³/mol. The monoisotopic (exact) mass is 310 g/mol. The number of benzene rings is 1. The lowest BCUT2D eigenvalue weighted by Crippen LogP contribution is -2.06. The summed E-state index contributed by atoms with van der Waals surface area (Å²) >= 11 is 6.30. The van der Waals surface area contributed by atoms with Crippen molar-refractivity contribution in [1.29, 1.82) is 0 Å². The molecule has 0 aliphatic carbocycles. The van der Waals surface area contributed by atoms with Crippen LogP contribution in [0.2, 0.25) is 0 Å². The highest BCUT2D eigenvalue weighted by Gasteiger charge is 2.18. The van der Waals surface area contributed by atoms with Gasteiger partial charge in [-0.2, -0.15) is 0 Å². The lowest BCUT2D eigenvalue weighted by molar-refractivity contribution is 0.355. The Morgan fingerprint density at radius 2 is 1.76 bits per heavy atom. The highest BCUT2D eigenvalue weighted by atomic mass is 35.5. The summed E-state index contributed by atoms with van der Waals surface area (Å²) < 4.78 is 12.9. The van der Waals surface area contributed by atoms with Crippen LogP contribution in [0.15, 0.2) is 12.1 Å². The van der Waals surface area contributed by atoms with Gasteiger partial charge in [-0.25, -0.2) is 4.98 Å². The number of imidazole rings is 1. The van der Waals surface area contributed by atoms with E-state index in [0.717, 1.165) is 29.8 Å². The summed E-state index contributed by atoms with van der Waals surface area (Å²) in [5.74, 6) is 2.92. The number of hydrogen-bond acceptors (Lipinski definition) is 3. The number of fused-ring (bicyclic) bond motifs is 1. The quantitative estimate of drug-likeness (QED) is 0.742. The van der Waals surface area contributed by atoms with Crippen LogP contribution in [-0.4, -0.2) is 23.8 Å². The highest BCUT2D eigenvalue weighted by Crippen LogP contribution is 2.34. The minimum absolute atomic E-state index is 0.137. The fraction of sp³-hybridized carbons (Fsp3) is 0.562. The second kappa shape index (κ2) is 6.56. The van der Waals surface area contributed by atoms with E-state index in [0.29, 0.717) is 17.4 Å². The molecule has 0 N–H and O–H groups in total. The molecule has 4 nitrogen and oxygen atoms in total. The number of nitrogens with zero attached hydrogens (tertiary/aromatic N) is 2. The second-order valence-electron chi connectivity index (χ2n) is 5.62. The van der Waals surface area contributed by atoms with Crippen LogP contribution in [-0.2, 0) is 6.54 Å². The summed E-state index contributed by atoms with van der Waals surface area (Å²) in [7, 11) is 3.27. The lowest BCUT2D eigenvalue weighted by atomic mass is 10.1. The fourth-order valence-corrected chi connectivity index (χ4v) is 2.56. The molecule has 116 valence electrons. The molecule has 0 aliphatic heterocycles. The van der Waals surface area contributed by atoms with Crippen LogP contribution < -0.4 is 9.47 Å². The van der Waals surface area contributed by atoms with Crippen LogP contribution in [0.4, 0.5) is 0 Å². The van der Waals surface area contributed by atoms with Crippen molar-refractivity contribution in [2.24, 2.45) is 5.92 Å². The molecular formula is C16H23ClN2O2. The molecular weight excluding hydrogens is 288 g/mol. The zero-order valence-corrected chi connectivity index (χ0v) is 14.1. The summed E-state index contributed by atoms with van der Waals surface area (Å²) in [6.45, 7) is 7.28. The summed E-state index contributed by atoms with van der Waals surface area (Å²) in [6.07, 6.45) is 1.08. The topological polar surface area (TPSA) is 36.3 Å². The molecule has 0 aliphatic rings. The van der Waals surface area contributed by atoms with E-state index >= 15 is 0 Å². The normalized spacial score (nSPS) is 12.9. The van der Waals surface area contributed by atoms with Gasteiger partial charge in [-0.1, -0.05) is 13.8 Å². The minimum atomic E-state index is -0.137. The number of aromatic nitrogens is 2. The van der Waals surface area contributed by atoms with E-state index in [4.69, 9.17) is 21.1 Å². The molecule has 0 saturated carbocycles. The van der Waals surface area contributed by atoms with E-state index < -0.39 is 0 Å². The number of alkyl halides is 1. The molecule has 0 radical (unpaired) electrons. The largest absolute Gasteiger partial charge is 0.493 e. The minimum Gasteiger partial charge on any atom is -0.493 e. The Morgan fingerprint density at radius 1 is 1.14 bits per heavy atom. The first-order valence-electron chi connectivity index (χ1n) is 7.24. The molecule has 0 saturated heterocycles. The molecule has 0 spiro atoms. The average molecular weight is 311 g/mol. The fourth-order valence-electron chi connectivity index (χ4n) is 2.40. The van der Waals surface area contributed by atoms with Crippen molar-refractivity contribution >= 4 is 22.6 Å². The molecule has 1 heterocycles. The van der Waals surface area contributed by atoms with Crippen LogP contribution >= 0.6 is 11.6 Å². The maximum Gasteiger partial charge on any atom is 0.163 e. The first kappa shape index (κ1) is 16.0. The molecule has 5 heteroatoms. The van der Waals surface area contributed by atoms with Crippen molar-refractivity contribution in [3.63, 3.8) is 0 Å². The third-order valence-corrected chi connectivity index (χ3v) is 3.76. The van der Waals surface area contributed by atoms with Gasteiger partial charge in [0, 0.05) is 18.7 Å². The zero-order valence-electron chi connectivity index (χ0n) is 13.3. The van der Waals surface area contributed by atoms with Gasteiger partial charge < -0.3 is 14.0 Å². The van der Waals surface area contributed by atoms with Crippen LogP contribution in [0, 0.1) is 5.92 Å². The van der Waals surface area contributed by atoms with E-state index in [9.17, 15) is 0 Å². The number of rotatable bonds is 6. The van der Waals surface area contributed by atoms with E-state index in [1.807, 2.05) is 19.1 Å². The molecule has 0 amide bonds. The van der Waals surface area contributed by atoms with Gasteiger partial charge in [-0.3, -0.25) is 0 Å². The Balaban J connectivity index is 2.58. The van der Waals surface area contributed by atoms with E-state index in [2.05, 4.69) is 23.4 Å². The van der Waals surface area contributed by atoms with Gasteiger partial charge in [0.2, 0.25) is 0 Å². The molecule has 1 aromatic carbocycles. The summed E-state index contributed by atoms with van der Waals surface area (Å²) in [5.41, 5.74) is 1.93. The molecule has 21 heavy (non-hydrogen) atoms. The van der Waals surface area contributed by atoms with Crippen LogP contribution in [0.3, 0.4) is 0 Å². The van der Waals surface area contributed by atoms with Crippen molar-refractivity contribution in [2.75, 3.05) is 14.2 Å². The van der Waals surface area contributed by atoms with Crippen LogP contribution in [0.5, 0.6) is 11.5 Å². The van der Waals surface area contributed by atoms with Crippen LogP contribution in [0.25, 0.3) is 11.0 Å². The van der Waals surface area contributed by atoms with Crippen molar-refractivity contribution in [3.8, 4) is 11.5 Å². The van der Waals surface area contributed by atoms with Gasteiger partial charge in [0.25, 0.3) is 0 Å². The third kappa shape index (κ3) is 3.26. The molecule has 0 fully saturated rings. The van der Waals surface area contributed by atoms with E-state index in [1.54, 1.807) is 14.2 Å². The maximum absolute atomic E-state index is 6.30. The van der Waals surface area contributed by atoms with Crippen molar-refractivity contribution in [1.82, 2.24) is 9.55 Å². The third-order valence-electron chi connectivity index (χ3n) is 3.57. The number of hydrogen-bond donors (Lipinski definition) is 0. The smallest absolute Gasteiger partial charge is 0.163 e. The zero-order chi connectivity index (χ0) is 15.6. The Morgan fingerprint density at radius 3 is 2.29 bits per heavy atom. The average Bonchev–Trinajstić information content (AvgIpc) is 2.81. The molecule has 1 atom stereocenters. The van der Waals surface area contributed by atoms with Crippen molar-refractivity contribution in [2.45, 2.75) is 39.1 Å². The summed E-state index contributed by atoms with van der Waals surface area (Å²) in [5, 5.41) is -0.137. The van der Waals surface area contributed by atoms with E-state index in [-0.39, 0.29) is 5.38 Å². The molecule has 0 bridgehead atoms. The molecule has 2 aromatic rings. The standard InChI is InChI=1S/C16H23ClN2O2/c1-10(2)6-7-19-13-9-15(21-5)14(20-4)8-12(13)18-16(19)11(3)17/h8-11H,6-7H2,1-5H3. The molecule has 2 rings (SSSR count). The van der Waals surface area contributed by atoms with Crippen molar-refractivity contribution < 1.29 is 9.47 Å². The number of ether oxygens (including phenoxy) is 2. The summed E-state index contributed by atoms with van der Waals surface area (Å²) in [6, 6.07) is 3.88. The Kier molecular flexibility index (Phi) is 4.99. The van der Waals surface area contributed by atoms with E-state index in [1.165, 1.54) is 0 Å². The first-order valence-corrected chi connectivity index (χ1v) is 7.67.